The summed E-state index contributed by atoms with van der Waals surface area (Å²) >= 11 is 3.38. The van der Waals surface area contributed by atoms with Crippen LogP contribution in [0.3, 0.4) is 0 Å². The highest BCUT2D eigenvalue weighted by atomic mass is 79.9. The topological polar surface area (TPSA) is 62.0 Å². The Hall–Kier alpha value is -1.88. The largest absolute Gasteiger partial charge is 0.344 e. The van der Waals surface area contributed by atoms with Crippen molar-refractivity contribution in [2.45, 2.75) is 19.4 Å². The van der Waals surface area contributed by atoms with E-state index >= 15 is 0 Å². The number of halogens is 1. The number of H-pyrrole nitrogens is 1. The molecule has 0 aliphatic rings. The van der Waals surface area contributed by atoms with E-state index in [1.165, 1.54) is 6.07 Å². The van der Waals surface area contributed by atoms with Gasteiger partial charge in [0.25, 0.3) is 5.91 Å². The fourth-order valence-electron chi connectivity index (χ4n) is 1.93. The molecule has 5 heteroatoms. The molecule has 0 bridgehead atoms. The van der Waals surface area contributed by atoms with Gasteiger partial charge in [0.1, 0.15) is 5.69 Å². The Labute approximate surface area is 125 Å². The third kappa shape index (κ3) is 3.57. The normalized spacial score (nSPS) is 11.9. The van der Waals surface area contributed by atoms with Gasteiger partial charge in [-0.05, 0) is 30.2 Å². The van der Waals surface area contributed by atoms with Crippen LogP contribution in [0.25, 0.3) is 0 Å². The van der Waals surface area contributed by atoms with Crippen molar-refractivity contribution in [1.82, 2.24) is 10.3 Å². The molecular formula is C15H15BrN2O2. The number of rotatable bonds is 4. The van der Waals surface area contributed by atoms with Gasteiger partial charge in [0, 0.05) is 10.5 Å². The number of carbonyl (C=O) groups is 1. The van der Waals surface area contributed by atoms with E-state index in [9.17, 15) is 9.59 Å². The van der Waals surface area contributed by atoms with E-state index in [2.05, 4.69) is 26.2 Å². The van der Waals surface area contributed by atoms with Gasteiger partial charge in [-0.3, -0.25) is 9.59 Å². The Morgan fingerprint density at radius 3 is 2.55 bits per heavy atom. The standard InChI is InChI=1S/C15H15BrN2O2/c1-2-12(10-6-8-11(16)9-7-10)18-15(20)13-4-3-5-14(19)17-13/h3-9,12H,2H2,1H3,(H,17,19)(H,18,20). The predicted molar refractivity (Wildman–Crippen MR) is 81.7 cm³/mol. The number of benzene rings is 1. The second-order valence-corrected chi connectivity index (χ2v) is 5.33. The summed E-state index contributed by atoms with van der Waals surface area (Å²) in [6.07, 6.45) is 0.768. The van der Waals surface area contributed by atoms with Crippen LogP contribution in [0.15, 0.2) is 51.7 Å². The first kappa shape index (κ1) is 14.5. The lowest BCUT2D eigenvalue weighted by molar-refractivity contribution is 0.0930. The molecule has 2 rings (SSSR count). The zero-order valence-corrected chi connectivity index (χ0v) is 12.6. The lowest BCUT2D eigenvalue weighted by atomic mass is 10.0. The highest BCUT2D eigenvalue weighted by Crippen LogP contribution is 2.19. The molecule has 1 amide bonds. The number of aromatic amines is 1. The molecule has 20 heavy (non-hydrogen) atoms. The average molecular weight is 335 g/mol. The summed E-state index contributed by atoms with van der Waals surface area (Å²) in [4.78, 5) is 25.9. The van der Waals surface area contributed by atoms with Gasteiger partial charge in [0.2, 0.25) is 5.56 Å². The second-order valence-electron chi connectivity index (χ2n) is 4.41. The molecule has 0 saturated carbocycles. The number of aromatic nitrogens is 1. The summed E-state index contributed by atoms with van der Waals surface area (Å²) in [5.74, 6) is -0.280. The summed E-state index contributed by atoms with van der Waals surface area (Å²) in [5.41, 5.74) is 1.02. The van der Waals surface area contributed by atoms with Crippen LogP contribution in [0.5, 0.6) is 0 Å². The van der Waals surface area contributed by atoms with Crippen LogP contribution in [0, 0.1) is 0 Å². The average Bonchev–Trinajstić information content (AvgIpc) is 2.45. The van der Waals surface area contributed by atoms with Crippen molar-refractivity contribution < 1.29 is 4.79 Å². The van der Waals surface area contributed by atoms with Gasteiger partial charge in [-0.1, -0.05) is 41.1 Å². The molecule has 1 aromatic carbocycles. The van der Waals surface area contributed by atoms with Crippen LogP contribution < -0.4 is 10.9 Å². The molecule has 0 radical (unpaired) electrons. The lowest BCUT2D eigenvalue weighted by Crippen LogP contribution is -2.30. The van der Waals surface area contributed by atoms with Crippen molar-refractivity contribution >= 4 is 21.8 Å². The quantitative estimate of drug-likeness (QED) is 0.902. The Morgan fingerprint density at radius 2 is 1.95 bits per heavy atom. The minimum atomic E-state index is -0.283. The Balaban J connectivity index is 2.16. The van der Waals surface area contributed by atoms with E-state index in [-0.39, 0.29) is 23.2 Å². The van der Waals surface area contributed by atoms with Crippen LogP contribution >= 0.6 is 15.9 Å². The maximum Gasteiger partial charge on any atom is 0.268 e. The minimum absolute atomic E-state index is 0.0840. The maximum atomic E-state index is 12.1. The van der Waals surface area contributed by atoms with Crippen LogP contribution in [-0.2, 0) is 0 Å². The molecule has 0 aliphatic heterocycles. The summed E-state index contributed by atoms with van der Waals surface area (Å²) in [6.45, 7) is 2.00. The number of hydrogen-bond acceptors (Lipinski definition) is 2. The van der Waals surface area contributed by atoms with E-state index < -0.39 is 0 Å². The van der Waals surface area contributed by atoms with Crippen molar-refractivity contribution in [2.75, 3.05) is 0 Å². The first-order valence-corrected chi connectivity index (χ1v) is 7.15. The van der Waals surface area contributed by atoms with E-state index in [4.69, 9.17) is 0 Å². The molecule has 1 unspecified atom stereocenters. The maximum absolute atomic E-state index is 12.1. The molecular weight excluding hydrogens is 320 g/mol. The lowest BCUT2D eigenvalue weighted by Gasteiger charge is -2.17. The monoisotopic (exact) mass is 334 g/mol. The smallest absolute Gasteiger partial charge is 0.268 e. The van der Waals surface area contributed by atoms with Gasteiger partial charge >= 0.3 is 0 Å². The van der Waals surface area contributed by atoms with Gasteiger partial charge in [0.15, 0.2) is 0 Å². The third-order valence-electron chi connectivity index (χ3n) is 3.00. The molecule has 2 N–H and O–H groups in total. The van der Waals surface area contributed by atoms with Crippen molar-refractivity contribution in [2.24, 2.45) is 0 Å². The predicted octanol–water partition coefficient (Wildman–Crippen LogP) is 3.02. The van der Waals surface area contributed by atoms with Crippen molar-refractivity contribution in [3.63, 3.8) is 0 Å². The Morgan fingerprint density at radius 1 is 1.25 bits per heavy atom. The third-order valence-corrected chi connectivity index (χ3v) is 3.53. The number of nitrogens with one attached hydrogen (secondary N) is 2. The fourth-order valence-corrected chi connectivity index (χ4v) is 2.20. The van der Waals surface area contributed by atoms with Crippen molar-refractivity contribution in [3.05, 3.63) is 68.5 Å². The van der Waals surface area contributed by atoms with Gasteiger partial charge < -0.3 is 10.3 Å². The van der Waals surface area contributed by atoms with Gasteiger partial charge in [-0.2, -0.15) is 0 Å². The van der Waals surface area contributed by atoms with E-state index in [0.29, 0.717) is 0 Å². The minimum Gasteiger partial charge on any atom is -0.344 e. The van der Waals surface area contributed by atoms with Crippen molar-refractivity contribution in [3.8, 4) is 0 Å². The highest BCUT2D eigenvalue weighted by Gasteiger charge is 2.14. The summed E-state index contributed by atoms with van der Waals surface area (Å²) < 4.78 is 0.995. The second kappa shape index (κ2) is 6.52. The number of carbonyl (C=O) groups excluding carboxylic acids is 1. The summed E-state index contributed by atoms with van der Waals surface area (Å²) in [7, 11) is 0. The molecule has 1 atom stereocenters. The molecule has 0 aliphatic carbocycles. The number of pyridine rings is 1. The zero-order chi connectivity index (χ0) is 14.5. The van der Waals surface area contributed by atoms with Crippen LogP contribution in [0.1, 0.15) is 35.4 Å². The van der Waals surface area contributed by atoms with Gasteiger partial charge in [-0.15, -0.1) is 0 Å². The van der Waals surface area contributed by atoms with E-state index in [1.54, 1.807) is 12.1 Å². The molecule has 0 spiro atoms. The van der Waals surface area contributed by atoms with Crippen molar-refractivity contribution in [1.29, 1.82) is 0 Å². The molecule has 2 aromatic rings. The molecule has 104 valence electrons. The van der Waals surface area contributed by atoms with Gasteiger partial charge in [0.05, 0.1) is 6.04 Å². The molecule has 1 heterocycles. The SMILES string of the molecule is CCC(NC(=O)c1cccc(=O)[nH]1)c1ccc(Br)cc1. The fraction of sp³-hybridized carbons (Fsp3) is 0.200. The molecule has 4 nitrogen and oxygen atoms in total. The Bertz CT molecular complexity index is 649. The molecule has 1 aromatic heterocycles. The van der Waals surface area contributed by atoms with Gasteiger partial charge in [-0.25, -0.2) is 0 Å². The summed E-state index contributed by atoms with van der Waals surface area (Å²) in [5, 5.41) is 2.92. The van der Waals surface area contributed by atoms with E-state index in [1.807, 2.05) is 31.2 Å². The van der Waals surface area contributed by atoms with Crippen LogP contribution in [-0.4, -0.2) is 10.9 Å². The first-order valence-electron chi connectivity index (χ1n) is 6.36. The van der Waals surface area contributed by atoms with Crippen LogP contribution in [0.4, 0.5) is 0 Å². The first-order chi connectivity index (χ1) is 9.60. The van der Waals surface area contributed by atoms with E-state index in [0.717, 1.165) is 16.5 Å². The zero-order valence-electron chi connectivity index (χ0n) is 11.0. The summed E-state index contributed by atoms with van der Waals surface area (Å²) in [6, 6.07) is 12.3. The number of hydrogen-bond donors (Lipinski definition) is 2. The molecule has 0 fully saturated rings. The molecule has 0 saturated heterocycles. The number of amides is 1. The van der Waals surface area contributed by atoms with Crippen LogP contribution in [0.2, 0.25) is 0 Å². The Kier molecular flexibility index (Phi) is 4.74. The highest BCUT2D eigenvalue weighted by molar-refractivity contribution is 9.10.